The van der Waals surface area contributed by atoms with Crippen LogP contribution in [0.1, 0.15) is 29.6 Å². The summed E-state index contributed by atoms with van der Waals surface area (Å²) in [5.74, 6) is -0.152. The van der Waals surface area contributed by atoms with Crippen LogP contribution in [0.4, 0.5) is 6.01 Å². The summed E-state index contributed by atoms with van der Waals surface area (Å²) < 4.78 is 8.22. The second-order valence-electron chi connectivity index (χ2n) is 5.88. The van der Waals surface area contributed by atoms with Crippen LogP contribution in [-0.2, 0) is 0 Å². The highest BCUT2D eigenvalue weighted by Gasteiger charge is 2.20. The SMILES string of the molecule is CC(C)n1ccc(-c2nnc(NC(=O)c3sc4ccccc4c3Cl)o2)n1. The molecule has 0 aliphatic carbocycles. The van der Waals surface area contributed by atoms with Gasteiger partial charge in [0.2, 0.25) is 0 Å². The van der Waals surface area contributed by atoms with E-state index in [0.29, 0.717) is 15.6 Å². The lowest BCUT2D eigenvalue weighted by atomic mass is 10.2. The lowest BCUT2D eigenvalue weighted by molar-refractivity contribution is 0.102. The number of rotatable bonds is 4. The summed E-state index contributed by atoms with van der Waals surface area (Å²) in [4.78, 5) is 12.9. The molecule has 0 spiro atoms. The number of carbonyl (C=O) groups is 1. The minimum atomic E-state index is -0.390. The maximum absolute atomic E-state index is 12.5. The van der Waals surface area contributed by atoms with Gasteiger partial charge < -0.3 is 4.42 Å². The van der Waals surface area contributed by atoms with Gasteiger partial charge in [-0.1, -0.05) is 34.9 Å². The summed E-state index contributed by atoms with van der Waals surface area (Å²) >= 11 is 7.63. The molecule has 0 saturated heterocycles. The number of hydrogen-bond acceptors (Lipinski definition) is 6. The molecule has 7 nitrogen and oxygen atoms in total. The molecule has 1 aromatic carbocycles. The Labute approximate surface area is 157 Å². The summed E-state index contributed by atoms with van der Waals surface area (Å²) in [6.45, 7) is 4.04. The van der Waals surface area contributed by atoms with Crippen LogP contribution in [0.25, 0.3) is 21.7 Å². The first-order chi connectivity index (χ1) is 12.5. The lowest BCUT2D eigenvalue weighted by Crippen LogP contribution is -2.10. The van der Waals surface area contributed by atoms with Gasteiger partial charge in [-0.25, -0.2) is 0 Å². The van der Waals surface area contributed by atoms with Crippen molar-refractivity contribution in [2.75, 3.05) is 5.32 Å². The molecular formula is C17H14ClN5O2S. The molecule has 1 amide bonds. The molecule has 0 fully saturated rings. The van der Waals surface area contributed by atoms with Crippen molar-refractivity contribution in [1.82, 2.24) is 20.0 Å². The van der Waals surface area contributed by atoms with Crippen molar-refractivity contribution in [3.63, 3.8) is 0 Å². The van der Waals surface area contributed by atoms with Gasteiger partial charge in [0.1, 0.15) is 10.6 Å². The van der Waals surface area contributed by atoms with Gasteiger partial charge in [-0.05, 0) is 26.0 Å². The smallest absolute Gasteiger partial charge is 0.322 e. The fourth-order valence-corrected chi connectivity index (χ4v) is 3.84. The fraction of sp³-hybridized carbons (Fsp3) is 0.176. The molecule has 4 rings (SSSR count). The molecule has 3 aromatic heterocycles. The first-order valence-electron chi connectivity index (χ1n) is 7.90. The van der Waals surface area contributed by atoms with Crippen molar-refractivity contribution >= 4 is 44.9 Å². The number of hydrogen-bond donors (Lipinski definition) is 1. The second-order valence-corrected chi connectivity index (χ2v) is 7.31. The van der Waals surface area contributed by atoms with E-state index in [4.69, 9.17) is 16.0 Å². The molecule has 0 atom stereocenters. The Bertz CT molecular complexity index is 1100. The van der Waals surface area contributed by atoms with Crippen LogP contribution >= 0.6 is 22.9 Å². The Morgan fingerprint density at radius 3 is 2.81 bits per heavy atom. The lowest BCUT2D eigenvalue weighted by Gasteiger charge is -2.02. The number of halogens is 1. The van der Waals surface area contributed by atoms with Crippen LogP contribution in [0.3, 0.4) is 0 Å². The molecule has 9 heteroatoms. The van der Waals surface area contributed by atoms with E-state index < -0.39 is 0 Å². The number of nitrogens with zero attached hydrogens (tertiary/aromatic N) is 4. The van der Waals surface area contributed by atoms with Gasteiger partial charge >= 0.3 is 6.01 Å². The van der Waals surface area contributed by atoms with E-state index in [1.165, 1.54) is 11.3 Å². The number of carbonyl (C=O) groups excluding carboxylic acids is 1. The standard InChI is InChI=1S/C17H14ClN5O2S/c1-9(2)23-8-7-11(22-23)16-20-21-17(25-16)19-15(24)14-13(18)10-5-3-4-6-12(10)26-14/h3-9H,1-2H3,(H,19,21,24). The summed E-state index contributed by atoms with van der Waals surface area (Å²) in [5, 5.41) is 16.0. The maximum atomic E-state index is 12.5. The molecule has 4 aromatic rings. The van der Waals surface area contributed by atoms with Crippen molar-refractivity contribution in [1.29, 1.82) is 0 Å². The Morgan fingerprint density at radius 2 is 2.08 bits per heavy atom. The topological polar surface area (TPSA) is 85.8 Å². The molecule has 3 heterocycles. The quantitative estimate of drug-likeness (QED) is 0.551. The highest BCUT2D eigenvalue weighted by molar-refractivity contribution is 7.21. The zero-order valence-electron chi connectivity index (χ0n) is 13.9. The number of nitrogens with one attached hydrogen (secondary N) is 1. The van der Waals surface area contributed by atoms with E-state index in [-0.39, 0.29) is 23.9 Å². The van der Waals surface area contributed by atoms with Crippen LogP contribution in [0.15, 0.2) is 40.9 Å². The number of anilines is 1. The molecule has 0 bridgehead atoms. The Balaban J connectivity index is 1.56. The van der Waals surface area contributed by atoms with Crippen LogP contribution in [-0.4, -0.2) is 25.9 Å². The minimum Gasteiger partial charge on any atom is -0.401 e. The largest absolute Gasteiger partial charge is 0.401 e. The summed E-state index contributed by atoms with van der Waals surface area (Å²) in [6, 6.07) is 9.57. The third kappa shape index (κ3) is 2.97. The first kappa shape index (κ1) is 16.7. The van der Waals surface area contributed by atoms with Crippen LogP contribution < -0.4 is 5.32 Å². The van der Waals surface area contributed by atoms with Gasteiger partial charge in [-0.2, -0.15) is 5.10 Å². The summed E-state index contributed by atoms with van der Waals surface area (Å²) in [5.41, 5.74) is 0.548. The number of amides is 1. The normalized spacial score (nSPS) is 11.4. The monoisotopic (exact) mass is 387 g/mol. The minimum absolute atomic E-state index is 0.00220. The fourth-order valence-electron chi connectivity index (χ4n) is 2.43. The van der Waals surface area contributed by atoms with Gasteiger partial charge in [0.25, 0.3) is 11.8 Å². The van der Waals surface area contributed by atoms with Crippen molar-refractivity contribution in [3.05, 3.63) is 46.4 Å². The van der Waals surface area contributed by atoms with E-state index in [1.807, 2.05) is 44.3 Å². The Hall–Kier alpha value is -2.71. The third-order valence-electron chi connectivity index (χ3n) is 3.74. The van der Waals surface area contributed by atoms with Gasteiger partial charge in [-0.15, -0.1) is 16.4 Å². The number of thiophene rings is 1. The molecule has 26 heavy (non-hydrogen) atoms. The number of benzene rings is 1. The first-order valence-corrected chi connectivity index (χ1v) is 9.10. The average Bonchev–Trinajstić information content (AvgIpc) is 3.33. The van der Waals surface area contributed by atoms with E-state index in [9.17, 15) is 4.79 Å². The van der Waals surface area contributed by atoms with Gasteiger partial charge in [0.15, 0.2) is 0 Å². The van der Waals surface area contributed by atoms with Crippen LogP contribution in [0, 0.1) is 0 Å². The predicted octanol–water partition coefficient (Wildman–Crippen LogP) is 4.63. The van der Waals surface area contributed by atoms with E-state index >= 15 is 0 Å². The third-order valence-corrected chi connectivity index (χ3v) is 5.42. The van der Waals surface area contributed by atoms with Crippen LogP contribution in [0.5, 0.6) is 0 Å². The molecule has 0 aliphatic heterocycles. The molecule has 132 valence electrons. The van der Waals surface area contributed by atoms with Crippen molar-refractivity contribution in [3.8, 4) is 11.6 Å². The van der Waals surface area contributed by atoms with E-state index in [0.717, 1.165) is 10.1 Å². The molecular weight excluding hydrogens is 374 g/mol. The summed E-state index contributed by atoms with van der Waals surface area (Å²) in [6.07, 6.45) is 1.83. The zero-order chi connectivity index (χ0) is 18.3. The maximum Gasteiger partial charge on any atom is 0.322 e. The summed E-state index contributed by atoms with van der Waals surface area (Å²) in [7, 11) is 0. The van der Waals surface area contributed by atoms with Crippen LogP contribution in [0.2, 0.25) is 5.02 Å². The van der Waals surface area contributed by atoms with Gasteiger partial charge in [-0.3, -0.25) is 14.8 Å². The van der Waals surface area contributed by atoms with Crippen molar-refractivity contribution in [2.24, 2.45) is 0 Å². The zero-order valence-corrected chi connectivity index (χ0v) is 15.5. The Morgan fingerprint density at radius 1 is 1.27 bits per heavy atom. The number of aromatic nitrogens is 4. The van der Waals surface area contributed by atoms with Crippen molar-refractivity contribution < 1.29 is 9.21 Å². The molecule has 0 unspecified atom stereocenters. The van der Waals surface area contributed by atoms with Gasteiger partial charge in [0, 0.05) is 22.3 Å². The molecule has 1 N–H and O–H groups in total. The highest BCUT2D eigenvalue weighted by Crippen LogP contribution is 2.35. The average molecular weight is 388 g/mol. The van der Waals surface area contributed by atoms with E-state index in [2.05, 4.69) is 20.6 Å². The van der Waals surface area contributed by atoms with E-state index in [1.54, 1.807) is 10.7 Å². The Kier molecular flexibility index (Phi) is 4.21. The molecule has 0 radical (unpaired) electrons. The van der Waals surface area contributed by atoms with Gasteiger partial charge in [0.05, 0.1) is 5.02 Å². The predicted molar refractivity (Wildman–Crippen MR) is 101 cm³/mol. The second kappa shape index (κ2) is 6.54. The molecule has 0 aliphatic rings. The molecule has 0 saturated carbocycles. The number of fused-ring (bicyclic) bond motifs is 1. The highest BCUT2D eigenvalue weighted by atomic mass is 35.5. The van der Waals surface area contributed by atoms with Crippen molar-refractivity contribution in [2.45, 2.75) is 19.9 Å².